The molecular formula is C9H10IN3O. The summed E-state index contributed by atoms with van der Waals surface area (Å²) in [6.07, 6.45) is 3.60. The number of halogens is 1. The van der Waals surface area contributed by atoms with E-state index in [4.69, 9.17) is 4.74 Å². The summed E-state index contributed by atoms with van der Waals surface area (Å²) in [5.41, 5.74) is 3.18. The minimum atomic E-state index is 0.545. The Morgan fingerprint density at radius 1 is 1.57 bits per heavy atom. The van der Waals surface area contributed by atoms with E-state index in [-0.39, 0.29) is 0 Å². The minimum absolute atomic E-state index is 0.545. The van der Waals surface area contributed by atoms with Gasteiger partial charge in [0.15, 0.2) is 0 Å². The molecule has 2 aromatic rings. The molecule has 5 heteroatoms. The fraction of sp³-hybridized carbons (Fsp3) is 0.333. The second kappa shape index (κ2) is 3.82. The molecule has 14 heavy (non-hydrogen) atoms. The average Bonchev–Trinajstić information content (AvgIpc) is 2.46. The van der Waals surface area contributed by atoms with Gasteiger partial charge in [-0.1, -0.05) is 0 Å². The van der Waals surface area contributed by atoms with Gasteiger partial charge < -0.3 is 4.74 Å². The largest absolute Gasteiger partial charge is 0.378 e. The molecule has 0 unspecified atom stereocenters. The maximum Gasteiger partial charge on any atom is 0.127 e. The van der Waals surface area contributed by atoms with Gasteiger partial charge in [-0.05, 0) is 29.5 Å². The highest BCUT2D eigenvalue weighted by Gasteiger charge is 2.10. The molecule has 0 saturated carbocycles. The van der Waals surface area contributed by atoms with Crippen LogP contribution in [0.3, 0.4) is 0 Å². The van der Waals surface area contributed by atoms with E-state index in [2.05, 4.69) is 32.7 Å². The normalized spacial score (nSPS) is 11.1. The van der Waals surface area contributed by atoms with Crippen molar-refractivity contribution in [1.29, 1.82) is 0 Å². The Labute approximate surface area is 95.4 Å². The van der Waals surface area contributed by atoms with Crippen LogP contribution in [0.15, 0.2) is 12.4 Å². The molecule has 4 nitrogen and oxygen atoms in total. The van der Waals surface area contributed by atoms with Crippen LogP contribution in [0.4, 0.5) is 0 Å². The maximum atomic E-state index is 5.08. The molecule has 0 fully saturated rings. The van der Waals surface area contributed by atoms with E-state index in [1.165, 1.54) is 0 Å². The summed E-state index contributed by atoms with van der Waals surface area (Å²) in [7, 11) is 1.67. The Morgan fingerprint density at radius 3 is 3.00 bits per heavy atom. The van der Waals surface area contributed by atoms with Crippen molar-refractivity contribution in [2.24, 2.45) is 0 Å². The zero-order valence-corrected chi connectivity index (χ0v) is 10.1. The topological polar surface area (TPSA) is 39.4 Å². The smallest absolute Gasteiger partial charge is 0.127 e. The second-order valence-electron chi connectivity index (χ2n) is 3.02. The van der Waals surface area contributed by atoms with Gasteiger partial charge in [-0.3, -0.25) is 0 Å². The van der Waals surface area contributed by atoms with Crippen molar-refractivity contribution in [3.05, 3.63) is 27.4 Å². The van der Waals surface area contributed by atoms with E-state index in [1.807, 2.05) is 17.6 Å². The predicted molar refractivity (Wildman–Crippen MR) is 61.2 cm³/mol. The summed E-state index contributed by atoms with van der Waals surface area (Å²) < 4.78 is 7.90. The van der Waals surface area contributed by atoms with Gasteiger partial charge in [-0.15, -0.1) is 0 Å². The van der Waals surface area contributed by atoms with Crippen molar-refractivity contribution < 1.29 is 4.74 Å². The Balaban J connectivity index is 2.68. The van der Waals surface area contributed by atoms with E-state index < -0.39 is 0 Å². The standard InChI is InChI=1S/C9H10IN3O/c1-6-7(5-14-2)12-13-4-3-11-9(10)8(6)13/h3-4H,5H2,1-2H3. The number of rotatable bonds is 2. The first-order valence-corrected chi connectivity index (χ1v) is 5.29. The maximum absolute atomic E-state index is 5.08. The fourth-order valence-electron chi connectivity index (χ4n) is 1.42. The van der Waals surface area contributed by atoms with Crippen molar-refractivity contribution in [3.8, 4) is 0 Å². The van der Waals surface area contributed by atoms with E-state index in [1.54, 1.807) is 13.3 Å². The van der Waals surface area contributed by atoms with E-state index in [0.717, 1.165) is 20.5 Å². The van der Waals surface area contributed by atoms with Crippen LogP contribution in [0.1, 0.15) is 11.3 Å². The van der Waals surface area contributed by atoms with E-state index in [9.17, 15) is 0 Å². The van der Waals surface area contributed by atoms with Crippen molar-refractivity contribution in [1.82, 2.24) is 14.6 Å². The van der Waals surface area contributed by atoms with Gasteiger partial charge in [-0.2, -0.15) is 5.10 Å². The van der Waals surface area contributed by atoms with Crippen LogP contribution in [0, 0.1) is 10.6 Å². The number of methoxy groups -OCH3 is 1. The third kappa shape index (κ3) is 1.50. The Kier molecular flexibility index (Phi) is 2.69. The molecule has 0 saturated heterocycles. The summed E-state index contributed by atoms with van der Waals surface area (Å²) >= 11 is 2.21. The molecule has 2 rings (SSSR count). The monoisotopic (exact) mass is 303 g/mol. The Bertz CT molecular complexity index is 466. The first-order chi connectivity index (χ1) is 6.74. The molecule has 2 heterocycles. The molecule has 0 aliphatic heterocycles. The van der Waals surface area contributed by atoms with Crippen LogP contribution in [0.2, 0.25) is 0 Å². The number of aryl methyl sites for hydroxylation is 1. The SMILES string of the molecule is COCc1nn2ccnc(I)c2c1C. The number of aromatic nitrogens is 3. The van der Waals surface area contributed by atoms with Gasteiger partial charge >= 0.3 is 0 Å². The molecule has 0 N–H and O–H groups in total. The lowest BCUT2D eigenvalue weighted by Gasteiger charge is -1.95. The highest BCUT2D eigenvalue weighted by Crippen LogP contribution is 2.18. The molecule has 0 bridgehead atoms. The van der Waals surface area contributed by atoms with E-state index in [0.29, 0.717) is 6.61 Å². The zero-order valence-electron chi connectivity index (χ0n) is 7.99. The fourth-order valence-corrected chi connectivity index (χ4v) is 2.23. The molecule has 0 aliphatic rings. The average molecular weight is 303 g/mol. The van der Waals surface area contributed by atoms with Crippen LogP contribution in [0.25, 0.3) is 5.52 Å². The Morgan fingerprint density at radius 2 is 2.36 bits per heavy atom. The third-order valence-corrected chi connectivity index (χ3v) is 2.91. The molecule has 0 aromatic carbocycles. The van der Waals surface area contributed by atoms with E-state index >= 15 is 0 Å². The summed E-state index contributed by atoms with van der Waals surface area (Å²) in [5.74, 6) is 0. The Hall–Kier alpha value is -0.690. The first-order valence-electron chi connectivity index (χ1n) is 4.21. The first kappa shape index (κ1) is 9.85. The summed E-state index contributed by atoms with van der Waals surface area (Å²) in [6, 6.07) is 0. The highest BCUT2D eigenvalue weighted by molar-refractivity contribution is 14.1. The van der Waals surface area contributed by atoms with Crippen molar-refractivity contribution in [2.75, 3.05) is 7.11 Å². The van der Waals surface area contributed by atoms with Gasteiger partial charge in [0.2, 0.25) is 0 Å². The van der Waals surface area contributed by atoms with Gasteiger partial charge in [-0.25, -0.2) is 9.50 Å². The lowest BCUT2D eigenvalue weighted by atomic mass is 10.2. The van der Waals surface area contributed by atoms with Crippen molar-refractivity contribution >= 4 is 28.1 Å². The number of ether oxygens (including phenoxy) is 1. The van der Waals surface area contributed by atoms with Crippen LogP contribution in [-0.2, 0) is 11.3 Å². The second-order valence-corrected chi connectivity index (χ2v) is 4.04. The zero-order chi connectivity index (χ0) is 10.1. The summed E-state index contributed by atoms with van der Waals surface area (Å²) in [5, 5.41) is 4.41. The van der Waals surface area contributed by atoms with Gasteiger partial charge in [0.1, 0.15) is 9.22 Å². The van der Waals surface area contributed by atoms with Crippen LogP contribution in [0.5, 0.6) is 0 Å². The molecule has 0 aliphatic carbocycles. The molecule has 0 spiro atoms. The number of nitrogens with zero attached hydrogens (tertiary/aromatic N) is 3. The highest BCUT2D eigenvalue weighted by atomic mass is 127. The number of fused-ring (bicyclic) bond motifs is 1. The van der Waals surface area contributed by atoms with Gasteiger partial charge in [0, 0.05) is 25.1 Å². The van der Waals surface area contributed by atoms with Gasteiger partial charge in [0.25, 0.3) is 0 Å². The van der Waals surface area contributed by atoms with Crippen molar-refractivity contribution in [3.63, 3.8) is 0 Å². The van der Waals surface area contributed by atoms with Crippen molar-refractivity contribution in [2.45, 2.75) is 13.5 Å². The number of hydrogen-bond donors (Lipinski definition) is 0. The molecule has 0 amide bonds. The predicted octanol–water partition coefficient (Wildman–Crippen LogP) is 1.79. The lowest BCUT2D eigenvalue weighted by molar-refractivity contribution is 0.180. The minimum Gasteiger partial charge on any atom is -0.378 e. The van der Waals surface area contributed by atoms with Crippen LogP contribution in [-0.4, -0.2) is 21.7 Å². The van der Waals surface area contributed by atoms with Gasteiger partial charge in [0.05, 0.1) is 12.3 Å². The quantitative estimate of drug-likeness (QED) is 0.794. The van der Waals surface area contributed by atoms with Crippen LogP contribution >= 0.6 is 22.6 Å². The molecule has 0 atom stereocenters. The summed E-state index contributed by atoms with van der Waals surface area (Å²) in [4.78, 5) is 4.23. The van der Waals surface area contributed by atoms with Crippen LogP contribution < -0.4 is 0 Å². The summed E-state index contributed by atoms with van der Waals surface area (Å²) in [6.45, 7) is 2.59. The molecule has 0 radical (unpaired) electrons. The molecule has 74 valence electrons. The third-order valence-electron chi connectivity index (χ3n) is 2.12. The molecule has 2 aromatic heterocycles. The number of hydrogen-bond acceptors (Lipinski definition) is 3. The lowest BCUT2D eigenvalue weighted by Crippen LogP contribution is -1.92. The molecular weight excluding hydrogens is 293 g/mol.